The van der Waals surface area contributed by atoms with E-state index in [0.29, 0.717) is 17.2 Å². The summed E-state index contributed by atoms with van der Waals surface area (Å²) < 4.78 is 5.63. The van der Waals surface area contributed by atoms with E-state index in [9.17, 15) is 4.79 Å². The number of amides is 1. The van der Waals surface area contributed by atoms with Crippen LogP contribution in [0.15, 0.2) is 24.3 Å². The molecule has 0 atom stereocenters. The van der Waals surface area contributed by atoms with Crippen molar-refractivity contribution < 1.29 is 9.53 Å². The molecule has 2 rings (SSSR count). The van der Waals surface area contributed by atoms with Gasteiger partial charge < -0.3 is 15.4 Å². The van der Waals surface area contributed by atoms with Crippen LogP contribution in [0.2, 0.25) is 0 Å². The van der Waals surface area contributed by atoms with Crippen LogP contribution in [0, 0.1) is 5.92 Å². The first-order valence-electron chi connectivity index (χ1n) is 7.41. The summed E-state index contributed by atoms with van der Waals surface area (Å²) in [6.07, 6.45) is 3.43. The van der Waals surface area contributed by atoms with E-state index in [1.165, 1.54) is 12.8 Å². The first-order chi connectivity index (χ1) is 10.1. The standard InChI is InChI=1S/C16H22N2O2S/c1-2-9-18(10-12-7-8-12)15(19)11-20-14-6-4-3-5-13(14)16(17)21/h3-6,12H,2,7-11H2,1H3,(H2,17,21). The molecule has 21 heavy (non-hydrogen) atoms. The summed E-state index contributed by atoms with van der Waals surface area (Å²) in [6.45, 7) is 3.76. The highest BCUT2D eigenvalue weighted by Gasteiger charge is 2.26. The quantitative estimate of drug-likeness (QED) is 0.749. The topological polar surface area (TPSA) is 55.6 Å². The molecule has 0 saturated heterocycles. The van der Waals surface area contributed by atoms with E-state index in [4.69, 9.17) is 22.7 Å². The van der Waals surface area contributed by atoms with Gasteiger partial charge in [0.2, 0.25) is 0 Å². The molecular formula is C16H22N2O2S. The zero-order chi connectivity index (χ0) is 15.2. The molecule has 0 heterocycles. The van der Waals surface area contributed by atoms with Crippen molar-refractivity contribution >= 4 is 23.1 Å². The van der Waals surface area contributed by atoms with Crippen molar-refractivity contribution in [2.24, 2.45) is 11.7 Å². The zero-order valence-electron chi connectivity index (χ0n) is 12.4. The third kappa shape index (κ3) is 4.70. The number of carbonyl (C=O) groups excluding carboxylic acids is 1. The molecule has 5 heteroatoms. The van der Waals surface area contributed by atoms with E-state index < -0.39 is 0 Å². The number of hydrogen-bond acceptors (Lipinski definition) is 3. The second-order valence-electron chi connectivity index (χ2n) is 5.43. The van der Waals surface area contributed by atoms with Gasteiger partial charge in [-0.3, -0.25) is 4.79 Å². The van der Waals surface area contributed by atoms with Crippen molar-refractivity contribution in [3.05, 3.63) is 29.8 Å². The van der Waals surface area contributed by atoms with E-state index in [2.05, 4.69) is 6.92 Å². The van der Waals surface area contributed by atoms with Crippen LogP contribution in [0.4, 0.5) is 0 Å². The molecule has 0 aromatic heterocycles. The van der Waals surface area contributed by atoms with Crippen molar-refractivity contribution in [2.75, 3.05) is 19.7 Å². The van der Waals surface area contributed by atoms with Crippen LogP contribution in [0.5, 0.6) is 5.75 Å². The normalized spacial score (nSPS) is 13.8. The average molecular weight is 306 g/mol. The van der Waals surface area contributed by atoms with Crippen molar-refractivity contribution in [1.82, 2.24) is 4.90 Å². The van der Waals surface area contributed by atoms with Gasteiger partial charge in [0.15, 0.2) is 6.61 Å². The molecule has 2 N–H and O–H groups in total. The lowest BCUT2D eigenvalue weighted by Gasteiger charge is -2.22. The molecule has 1 amide bonds. The maximum atomic E-state index is 12.3. The minimum absolute atomic E-state index is 0.0292. The smallest absolute Gasteiger partial charge is 0.260 e. The number of hydrogen-bond donors (Lipinski definition) is 1. The molecular weight excluding hydrogens is 284 g/mol. The molecule has 0 aliphatic heterocycles. The molecule has 1 fully saturated rings. The third-order valence-corrected chi connectivity index (χ3v) is 3.75. The van der Waals surface area contributed by atoms with Gasteiger partial charge in [0.25, 0.3) is 5.91 Å². The Morgan fingerprint density at radius 3 is 2.76 bits per heavy atom. The summed E-state index contributed by atoms with van der Waals surface area (Å²) in [5.41, 5.74) is 6.33. The number of rotatable bonds is 8. The summed E-state index contributed by atoms with van der Waals surface area (Å²) >= 11 is 4.99. The van der Waals surface area contributed by atoms with E-state index >= 15 is 0 Å². The summed E-state index contributed by atoms with van der Waals surface area (Å²) in [5.74, 6) is 1.28. The van der Waals surface area contributed by atoms with Crippen molar-refractivity contribution in [2.45, 2.75) is 26.2 Å². The van der Waals surface area contributed by atoms with Crippen LogP contribution < -0.4 is 10.5 Å². The molecule has 1 aromatic carbocycles. The molecule has 1 aromatic rings. The summed E-state index contributed by atoms with van der Waals surface area (Å²) in [4.78, 5) is 14.5. The van der Waals surface area contributed by atoms with Crippen molar-refractivity contribution in [3.8, 4) is 5.75 Å². The zero-order valence-corrected chi connectivity index (χ0v) is 13.2. The SMILES string of the molecule is CCCN(CC1CC1)C(=O)COc1ccccc1C(N)=S. The molecule has 0 spiro atoms. The number of nitrogens with two attached hydrogens (primary N) is 1. The lowest BCUT2D eigenvalue weighted by atomic mass is 10.2. The fourth-order valence-electron chi connectivity index (χ4n) is 2.23. The molecule has 4 nitrogen and oxygen atoms in total. The van der Waals surface area contributed by atoms with E-state index in [-0.39, 0.29) is 17.5 Å². The first kappa shape index (κ1) is 15.8. The van der Waals surface area contributed by atoms with Crippen LogP contribution in [-0.4, -0.2) is 35.5 Å². The van der Waals surface area contributed by atoms with Gasteiger partial charge in [-0.15, -0.1) is 0 Å². The number of benzene rings is 1. The molecule has 1 aliphatic carbocycles. The summed E-state index contributed by atoms with van der Waals surface area (Å²) in [7, 11) is 0. The number of thiocarbonyl (C=S) groups is 1. The second-order valence-corrected chi connectivity index (χ2v) is 5.87. The van der Waals surface area contributed by atoms with Crippen molar-refractivity contribution in [1.29, 1.82) is 0 Å². The van der Waals surface area contributed by atoms with E-state index in [0.717, 1.165) is 19.5 Å². The third-order valence-electron chi connectivity index (χ3n) is 3.53. The predicted octanol–water partition coefficient (Wildman–Crippen LogP) is 2.35. The van der Waals surface area contributed by atoms with Gasteiger partial charge in [-0.25, -0.2) is 0 Å². The molecule has 1 aliphatic rings. The Kier molecular flexibility index (Phi) is 5.56. The number of para-hydroxylation sites is 1. The van der Waals surface area contributed by atoms with Crippen LogP contribution in [0.3, 0.4) is 0 Å². The van der Waals surface area contributed by atoms with Gasteiger partial charge in [0.1, 0.15) is 10.7 Å². The molecule has 0 unspecified atom stereocenters. The van der Waals surface area contributed by atoms with Crippen molar-refractivity contribution in [3.63, 3.8) is 0 Å². The Morgan fingerprint density at radius 1 is 1.43 bits per heavy atom. The first-order valence-corrected chi connectivity index (χ1v) is 7.82. The van der Waals surface area contributed by atoms with Gasteiger partial charge in [0, 0.05) is 13.1 Å². The Balaban J connectivity index is 1.94. The largest absolute Gasteiger partial charge is 0.483 e. The fourth-order valence-corrected chi connectivity index (χ4v) is 2.40. The van der Waals surface area contributed by atoms with Gasteiger partial charge in [-0.2, -0.15) is 0 Å². The molecule has 0 radical (unpaired) electrons. The minimum atomic E-state index is 0.0292. The van der Waals surface area contributed by atoms with Crippen LogP contribution in [-0.2, 0) is 4.79 Å². The fraction of sp³-hybridized carbons (Fsp3) is 0.500. The van der Waals surface area contributed by atoms with Gasteiger partial charge >= 0.3 is 0 Å². The van der Waals surface area contributed by atoms with E-state index in [1.807, 2.05) is 17.0 Å². The molecule has 114 valence electrons. The second kappa shape index (κ2) is 7.41. The predicted molar refractivity (Wildman–Crippen MR) is 87.4 cm³/mol. The monoisotopic (exact) mass is 306 g/mol. The Bertz CT molecular complexity index is 515. The number of nitrogens with zero attached hydrogens (tertiary/aromatic N) is 1. The van der Waals surface area contributed by atoms with E-state index in [1.54, 1.807) is 12.1 Å². The number of ether oxygens (including phenoxy) is 1. The Hall–Kier alpha value is -1.62. The highest BCUT2D eigenvalue weighted by Crippen LogP contribution is 2.29. The highest BCUT2D eigenvalue weighted by atomic mass is 32.1. The van der Waals surface area contributed by atoms with Gasteiger partial charge in [-0.1, -0.05) is 31.3 Å². The molecule has 0 bridgehead atoms. The maximum absolute atomic E-state index is 12.3. The van der Waals surface area contributed by atoms with Crippen LogP contribution >= 0.6 is 12.2 Å². The van der Waals surface area contributed by atoms with Gasteiger partial charge in [0.05, 0.1) is 5.56 Å². The van der Waals surface area contributed by atoms with Crippen LogP contribution in [0.25, 0.3) is 0 Å². The lowest BCUT2D eigenvalue weighted by Crippen LogP contribution is -2.37. The Morgan fingerprint density at radius 2 is 2.14 bits per heavy atom. The van der Waals surface area contributed by atoms with Crippen LogP contribution in [0.1, 0.15) is 31.7 Å². The lowest BCUT2D eigenvalue weighted by molar-refractivity contribution is -0.133. The summed E-state index contributed by atoms with van der Waals surface area (Å²) in [5, 5.41) is 0. The maximum Gasteiger partial charge on any atom is 0.260 e. The molecule has 1 saturated carbocycles. The Labute approximate surface area is 131 Å². The minimum Gasteiger partial charge on any atom is -0.483 e. The van der Waals surface area contributed by atoms with Gasteiger partial charge in [-0.05, 0) is 37.3 Å². The summed E-state index contributed by atoms with van der Waals surface area (Å²) in [6, 6.07) is 7.28. The average Bonchev–Trinajstić information content (AvgIpc) is 3.28. The number of carbonyl (C=O) groups is 1. The highest BCUT2D eigenvalue weighted by molar-refractivity contribution is 7.80.